The molecule has 2 heterocycles. The fourth-order valence-electron chi connectivity index (χ4n) is 6.40. The number of hydrogen-bond donors (Lipinski definition) is 0. The Balaban J connectivity index is 1.52. The maximum Gasteiger partial charge on any atom is 0.174 e. The molecule has 5 heteroatoms. The molecule has 1 spiro atoms. The zero-order valence-electron chi connectivity index (χ0n) is 14.9. The van der Waals surface area contributed by atoms with E-state index in [0.717, 1.165) is 43.2 Å². The third-order valence-corrected chi connectivity index (χ3v) is 7.89. The van der Waals surface area contributed by atoms with Crippen molar-refractivity contribution in [3.8, 4) is 11.5 Å². The van der Waals surface area contributed by atoms with Gasteiger partial charge in [-0.3, -0.25) is 9.69 Å². The molecule has 1 aromatic rings. The SMILES string of the molecule is C=POc1ccc2c3c1O[C@H]1C(=O)CC[C@H]4[C@@H](C2)N(CC2CC2)CC[C@]314. The van der Waals surface area contributed by atoms with E-state index in [0.29, 0.717) is 26.8 Å². The molecule has 6 rings (SSSR count). The highest BCUT2D eigenvalue weighted by Gasteiger charge is 2.66. The summed E-state index contributed by atoms with van der Waals surface area (Å²) in [5.74, 6) is 3.35. The number of likely N-dealkylation sites (tertiary alicyclic amines) is 1. The third-order valence-electron chi connectivity index (χ3n) is 7.56. The van der Waals surface area contributed by atoms with E-state index in [4.69, 9.17) is 9.26 Å². The number of benzene rings is 1. The predicted octanol–water partition coefficient (Wildman–Crippen LogP) is 3.38. The minimum absolute atomic E-state index is 0.111. The van der Waals surface area contributed by atoms with Gasteiger partial charge in [-0.15, -0.1) is 0 Å². The Bertz CT molecular complexity index is 820. The van der Waals surface area contributed by atoms with Gasteiger partial charge in [0.25, 0.3) is 0 Å². The summed E-state index contributed by atoms with van der Waals surface area (Å²) in [7, 11) is 0.615. The molecule has 0 N–H and O–H groups in total. The highest BCUT2D eigenvalue weighted by atomic mass is 31.1. The van der Waals surface area contributed by atoms with Crippen LogP contribution in [0.25, 0.3) is 0 Å². The highest BCUT2D eigenvalue weighted by Crippen LogP contribution is 2.63. The molecule has 0 aromatic heterocycles. The highest BCUT2D eigenvalue weighted by molar-refractivity contribution is 7.31. The maximum atomic E-state index is 12.9. The van der Waals surface area contributed by atoms with Gasteiger partial charge in [-0.05, 0) is 68.4 Å². The number of rotatable bonds is 4. The van der Waals surface area contributed by atoms with Crippen molar-refractivity contribution in [1.82, 2.24) is 4.90 Å². The van der Waals surface area contributed by atoms with E-state index in [9.17, 15) is 4.79 Å². The predicted molar refractivity (Wildman–Crippen MR) is 101 cm³/mol. The Kier molecular flexibility index (Phi) is 3.21. The summed E-state index contributed by atoms with van der Waals surface area (Å²) in [6.07, 6.45) is 10.1. The quantitative estimate of drug-likeness (QED) is 0.763. The lowest BCUT2D eigenvalue weighted by Crippen LogP contribution is -2.66. The van der Waals surface area contributed by atoms with E-state index in [-0.39, 0.29) is 17.3 Å². The summed E-state index contributed by atoms with van der Waals surface area (Å²) in [5, 5.41) is 0. The van der Waals surface area contributed by atoms with Crippen molar-refractivity contribution in [3.63, 3.8) is 0 Å². The molecule has 2 aliphatic heterocycles. The lowest BCUT2D eigenvalue weighted by Gasteiger charge is -2.57. The van der Waals surface area contributed by atoms with Gasteiger partial charge in [0.15, 0.2) is 23.4 Å². The summed E-state index contributed by atoms with van der Waals surface area (Å²) >= 11 is 0. The number of carbonyl (C=O) groups is 1. The molecule has 1 saturated heterocycles. The van der Waals surface area contributed by atoms with Crippen LogP contribution in [-0.2, 0) is 16.6 Å². The fourth-order valence-corrected chi connectivity index (χ4v) is 6.68. The molecule has 3 aliphatic carbocycles. The summed E-state index contributed by atoms with van der Waals surface area (Å²) in [5.41, 5.74) is 2.58. The third kappa shape index (κ3) is 1.90. The van der Waals surface area contributed by atoms with E-state index in [1.165, 1.54) is 30.5 Å². The molecular formula is C21H24NO3P. The van der Waals surface area contributed by atoms with Crippen LogP contribution in [0, 0.1) is 11.8 Å². The summed E-state index contributed by atoms with van der Waals surface area (Å²) in [6.45, 7) is 2.35. The number of piperidine rings is 1. The minimum atomic E-state index is -0.299. The van der Waals surface area contributed by atoms with Crippen LogP contribution >= 0.6 is 8.43 Å². The van der Waals surface area contributed by atoms with Crippen molar-refractivity contribution in [2.24, 2.45) is 11.8 Å². The van der Waals surface area contributed by atoms with Crippen LogP contribution in [0.15, 0.2) is 12.1 Å². The first-order valence-electron chi connectivity index (χ1n) is 9.95. The molecule has 2 bridgehead atoms. The average Bonchev–Trinajstić information content (AvgIpc) is 3.38. The summed E-state index contributed by atoms with van der Waals surface area (Å²) < 4.78 is 12.1. The van der Waals surface area contributed by atoms with Gasteiger partial charge in [0.2, 0.25) is 0 Å². The van der Waals surface area contributed by atoms with E-state index in [2.05, 4.69) is 17.3 Å². The minimum Gasteiger partial charge on any atom is -0.477 e. The second-order valence-corrected chi connectivity index (χ2v) is 9.20. The van der Waals surface area contributed by atoms with Crippen LogP contribution in [0.3, 0.4) is 0 Å². The van der Waals surface area contributed by atoms with Crippen LogP contribution in [0.4, 0.5) is 0 Å². The van der Waals surface area contributed by atoms with Gasteiger partial charge < -0.3 is 9.26 Å². The second-order valence-electron chi connectivity index (χ2n) is 8.76. The smallest absolute Gasteiger partial charge is 0.174 e. The van der Waals surface area contributed by atoms with Gasteiger partial charge in [0, 0.05) is 30.0 Å². The first-order chi connectivity index (χ1) is 12.7. The standard InChI is InChI=1S/C21H24NO3P/c1-26-25-17-7-4-13-10-15-14-5-6-16(23)20-21(14,18(13)19(17)24-20)8-9-22(15)11-12-2-3-12/h4,7,12,14-15,20H,1-3,5-6,8-11H2/t14-,15+,20-,21-/m0/s1. The van der Waals surface area contributed by atoms with Crippen molar-refractivity contribution in [3.05, 3.63) is 23.3 Å². The van der Waals surface area contributed by atoms with E-state index in [1.54, 1.807) is 0 Å². The molecule has 3 fully saturated rings. The van der Waals surface area contributed by atoms with Gasteiger partial charge >= 0.3 is 0 Å². The fraction of sp³-hybridized carbons (Fsp3) is 0.619. The van der Waals surface area contributed by atoms with Crippen molar-refractivity contribution in [1.29, 1.82) is 0 Å². The lowest BCUT2D eigenvalue weighted by atomic mass is 9.51. The first-order valence-corrected chi connectivity index (χ1v) is 10.9. The number of nitrogens with zero attached hydrogens (tertiary/aromatic N) is 1. The number of Topliss-reactive ketones (excluding diaryl/α,β-unsaturated/α-hetero) is 1. The normalized spacial score (nSPS) is 37.4. The van der Waals surface area contributed by atoms with Gasteiger partial charge in [-0.2, -0.15) is 0 Å². The molecule has 0 amide bonds. The number of hydrogen-bond acceptors (Lipinski definition) is 4. The monoisotopic (exact) mass is 369 g/mol. The number of ketones is 1. The van der Waals surface area contributed by atoms with E-state index in [1.807, 2.05) is 6.07 Å². The Labute approximate surface area is 155 Å². The van der Waals surface area contributed by atoms with E-state index >= 15 is 0 Å². The Morgan fingerprint density at radius 2 is 2.23 bits per heavy atom. The molecule has 26 heavy (non-hydrogen) atoms. The van der Waals surface area contributed by atoms with Crippen LogP contribution in [-0.4, -0.2) is 42.2 Å². The lowest BCUT2D eigenvalue weighted by molar-refractivity contribution is -0.138. The van der Waals surface area contributed by atoms with Crippen LogP contribution in [0.1, 0.15) is 43.2 Å². The van der Waals surface area contributed by atoms with E-state index < -0.39 is 0 Å². The summed E-state index contributed by atoms with van der Waals surface area (Å²) in [4.78, 5) is 15.6. The molecular weight excluding hydrogens is 345 g/mol. The van der Waals surface area contributed by atoms with Gasteiger partial charge in [0.1, 0.15) is 8.43 Å². The van der Waals surface area contributed by atoms with Gasteiger partial charge in [-0.25, -0.2) is 0 Å². The Morgan fingerprint density at radius 1 is 1.35 bits per heavy atom. The van der Waals surface area contributed by atoms with Gasteiger partial charge in [-0.1, -0.05) is 6.07 Å². The molecule has 5 aliphatic rings. The molecule has 0 unspecified atom stereocenters. The molecule has 2 saturated carbocycles. The van der Waals surface area contributed by atoms with Crippen molar-refractivity contribution >= 4 is 20.5 Å². The molecule has 136 valence electrons. The van der Waals surface area contributed by atoms with Gasteiger partial charge in [0.05, 0.1) is 0 Å². The molecule has 4 nitrogen and oxygen atoms in total. The van der Waals surface area contributed by atoms with Crippen molar-refractivity contribution in [2.75, 3.05) is 13.1 Å². The number of ether oxygens (including phenoxy) is 1. The van der Waals surface area contributed by atoms with Crippen molar-refractivity contribution in [2.45, 2.75) is 56.1 Å². The zero-order valence-corrected chi connectivity index (χ0v) is 15.8. The van der Waals surface area contributed by atoms with Crippen molar-refractivity contribution < 1.29 is 14.1 Å². The zero-order chi connectivity index (χ0) is 17.5. The average molecular weight is 369 g/mol. The number of carbonyl (C=O) groups excluding carboxylic acids is 1. The largest absolute Gasteiger partial charge is 0.477 e. The second kappa shape index (κ2) is 5.33. The molecule has 4 atom stereocenters. The molecule has 1 aromatic carbocycles. The van der Waals surface area contributed by atoms with Crippen LogP contribution in [0.2, 0.25) is 0 Å². The Hall–Kier alpha value is -1.38. The molecule has 0 radical (unpaired) electrons. The first kappa shape index (κ1) is 15.7. The topological polar surface area (TPSA) is 38.8 Å². The maximum absolute atomic E-state index is 12.9. The summed E-state index contributed by atoms with van der Waals surface area (Å²) in [6, 6.07) is 4.81. The Morgan fingerprint density at radius 3 is 3.04 bits per heavy atom. The van der Waals surface area contributed by atoms with Crippen LogP contribution in [0.5, 0.6) is 11.5 Å². The van der Waals surface area contributed by atoms with Crippen LogP contribution < -0.4 is 9.26 Å².